The minimum atomic E-state index is -1.47. The number of benzene rings is 1. The standard InChI is InChI=1S/C13H11F2NO3/c1-6(2)16-5-7(13(18)19)12(17)10-8(14)3-4-9(15)11(10)16/h3-6H,1-2H3,(H,18,19). The molecular formula is C13H11F2NO3. The number of nitrogens with zero attached hydrogens (tertiary/aromatic N) is 1. The van der Waals surface area contributed by atoms with Gasteiger partial charge in [0, 0.05) is 12.2 Å². The second-order valence-corrected chi connectivity index (χ2v) is 4.43. The zero-order valence-corrected chi connectivity index (χ0v) is 10.3. The summed E-state index contributed by atoms with van der Waals surface area (Å²) in [7, 11) is 0. The summed E-state index contributed by atoms with van der Waals surface area (Å²) in [5.41, 5.74) is -1.81. The van der Waals surface area contributed by atoms with Gasteiger partial charge in [-0.1, -0.05) is 0 Å². The molecule has 0 aliphatic heterocycles. The molecule has 4 nitrogen and oxygen atoms in total. The van der Waals surface area contributed by atoms with Gasteiger partial charge in [0.25, 0.3) is 0 Å². The average molecular weight is 267 g/mol. The van der Waals surface area contributed by atoms with E-state index in [4.69, 9.17) is 5.11 Å². The van der Waals surface area contributed by atoms with Crippen LogP contribution in [0.2, 0.25) is 0 Å². The maximum atomic E-state index is 13.8. The number of halogens is 2. The summed E-state index contributed by atoms with van der Waals surface area (Å²) in [6.45, 7) is 3.36. The smallest absolute Gasteiger partial charge is 0.341 e. The molecule has 1 aromatic heterocycles. The van der Waals surface area contributed by atoms with Gasteiger partial charge < -0.3 is 9.67 Å². The molecule has 0 fully saturated rings. The number of rotatable bonds is 2. The normalized spacial score (nSPS) is 11.2. The first-order chi connectivity index (χ1) is 8.84. The first kappa shape index (κ1) is 13.2. The molecule has 0 amide bonds. The number of carbonyl (C=O) groups is 1. The number of fused-ring (bicyclic) bond motifs is 1. The fourth-order valence-electron chi connectivity index (χ4n) is 1.97. The molecule has 0 unspecified atom stereocenters. The van der Waals surface area contributed by atoms with Crippen LogP contribution < -0.4 is 5.43 Å². The van der Waals surface area contributed by atoms with Crippen molar-refractivity contribution < 1.29 is 18.7 Å². The molecule has 0 saturated carbocycles. The molecule has 1 aromatic carbocycles. The lowest BCUT2D eigenvalue weighted by atomic mass is 10.1. The van der Waals surface area contributed by atoms with Crippen molar-refractivity contribution in [3.8, 4) is 0 Å². The largest absolute Gasteiger partial charge is 0.477 e. The number of hydrogen-bond donors (Lipinski definition) is 1. The van der Waals surface area contributed by atoms with Crippen molar-refractivity contribution in [3.63, 3.8) is 0 Å². The highest BCUT2D eigenvalue weighted by Crippen LogP contribution is 2.22. The SMILES string of the molecule is CC(C)n1cc(C(=O)O)c(=O)c2c(F)ccc(F)c21. The summed E-state index contributed by atoms with van der Waals surface area (Å²) in [4.78, 5) is 22.9. The number of pyridine rings is 1. The second kappa shape index (κ2) is 4.46. The van der Waals surface area contributed by atoms with E-state index in [1.54, 1.807) is 13.8 Å². The predicted octanol–water partition coefficient (Wildman–Crippen LogP) is 2.56. The highest BCUT2D eigenvalue weighted by molar-refractivity contribution is 5.92. The second-order valence-electron chi connectivity index (χ2n) is 4.43. The van der Waals surface area contributed by atoms with Crippen molar-refractivity contribution in [2.24, 2.45) is 0 Å². The molecule has 0 aliphatic rings. The lowest BCUT2D eigenvalue weighted by molar-refractivity contribution is 0.0694. The highest BCUT2D eigenvalue weighted by Gasteiger charge is 2.20. The van der Waals surface area contributed by atoms with E-state index >= 15 is 0 Å². The number of hydrogen-bond acceptors (Lipinski definition) is 2. The van der Waals surface area contributed by atoms with E-state index < -0.39 is 34.0 Å². The van der Waals surface area contributed by atoms with Gasteiger partial charge in [0.15, 0.2) is 0 Å². The Morgan fingerprint density at radius 3 is 2.37 bits per heavy atom. The van der Waals surface area contributed by atoms with Gasteiger partial charge in [-0.05, 0) is 26.0 Å². The third-order valence-corrected chi connectivity index (χ3v) is 2.86. The molecule has 100 valence electrons. The lowest BCUT2D eigenvalue weighted by Crippen LogP contribution is -2.21. The molecule has 0 saturated heterocycles. The van der Waals surface area contributed by atoms with Gasteiger partial charge in [-0.15, -0.1) is 0 Å². The Labute approximate surface area is 106 Å². The van der Waals surface area contributed by atoms with E-state index in [1.165, 1.54) is 4.57 Å². The number of aromatic nitrogens is 1. The first-order valence-corrected chi connectivity index (χ1v) is 5.60. The zero-order valence-electron chi connectivity index (χ0n) is 10.3. The van der Waals surface area contributed by atoms with Crippen molar-refractivity contribution in [2.75, 3.05) is 0 Å². The fraction of sp³-hybridized carbons (Fsp3) is 0.231. The minimum absolute atomic E-state index is 0.218. The minimum Gasteiger partial charge on any atom is -0.477 e. The van der Waals surface area contributed by atoms with Gasteiger partial charge in [-0.2, -0.15) is 0 Å². The van der Waals surface area contributed by atoms with E-state index in [0.29, 0.717) is 0 Å². The first-order valence-electron chi connectivity index (χ1n) is 5.60. The van der Waals surface area contributed by atoms with Crippen molar-refractivity contribution >= 4 is 16.9 Å². The third-order valence-electron chi connectivity index (χ3n) is 2.86. The van der Waals surface area contributed by atoms with Crippen LogP contribution in [0.25, 0.3) is 10.9 Å². The molecule has 1 N–H and O–H groups in total. The average Bonchev–Trinajstić information content (AvgIpc) is 2.32. The van der Waals surface area contributed by atoms with E-state index in [2.05, 4.69) is 0 Å². The molecule has 0 bridgehead atoms. The maximum Gasteiger partial charge on any atom is 0.341 e. The van der Waals surface area contributed by atoms with E-state index in [0.717, 1.165) is 18.3 Å². The Morgan fingerprint density at radius 2 is 1.84 bits per heavy atom. The van der Waals surface area contributed by atoms with Crippen LogP contribution in [-0.2, 0) is 0 Å². The molecule has 0 atom stereocenters. The van der Waals surface area contributed by atoms with Crippen LogP contribution in [0.4, 0.5) is 8.78 Å². The van der Waals surface area contributed by atoms with E-state index in [9.17, 15) is 18.4 Å². The van der Waals surface area contributed by atoms with Crippen LogP contribution in [0, 0.1) is 11.6 Å². The molecule has 0 radical (unpaired) electrons. The number of carboxylic acid groups (broad SMARTS) is 1. The quantitative estimate of drug-likeness (QED) is 0.909. The Balaban J connectivity index is 3.10. The molecule has 2 rings (SSSR count). The van der Waals surface area contributed by atoms with Gasteiger partial charge in [-0.25, -0.2) is 13.6 Å². The van der Waals surface area contributed by atoms with Gasteiger partial charge in [0.2, 0.25) is 5.43 Å². The van der Waals surface area contributed by atoms with Crippen molar-refractivity contribution in [1.29, 1.82) is 0 Å². The summed E-state index contributed by atoms with van der Waals surface area (Å²) in [6, 6.07) is 1.41. The summed E-state index contributed by atoms with van der Waals surface area (Å²) >= 11 is 0. The van der Waals surface area contributed by atoms with Gasteiger partial charge in [-0.3, -0.25) is 4.79 Å². The number of aromatic carboxylic acids is 1. The fourth-order valence-corrected chi connectivity index (χ4v) is 1.97. The van der Waals surface area contributed by atoms with Crippen molar-refractivity contribution in [1.82, 2.24) is 4.57 Å². The molecule has 0 spiro atoms. The Kier molecular flexibility index (Phi) is 3.09. The van der Waals surface area contributed by atoms with Gasteiger partial charge >= 0.3 is 5.97 Å². The topological polar surface area (TPSA) is 59.3 Å². The van der Waals surface area contributed by atoms with Gasteiger partial charge in [0.1, 0.15) is 17.2 Å². The molecular weight excluding hydrogens is 256 g/mol. The monoisotopic (exact) mass is 267 g/mol. The van der Waals surface area contributed by atoms with Crippen LogP contribution in [0.15, 0.2) is 23.1 Å². The van der Waals surface area contributed by atoms with E-state index in [-0.39, 0.29) is 11.6 Å². The Bertz CT molecular complexity index is 735. The highest BCUT2D eigenvalue weighted by atomic mass is 19.1. The summed E-state index contributed by atoms with van der Waals surface area (Å²) in [5, 5.41) is 8.43. The molecule has 1 heterocycles. The van der Waals surface area contributed by atoms with Crippen LogP contribution >= 0.6 is 0 Å². The summed E-state index contributed by atoms with van der Waals surface area (Å²) in [6.07, 6.45) is 1.04. The van der Waals surface area contributed by atoms with Crippen molar-refractivity contribution in [2.45, 2.75) is 19.9 Å². The molecule has 2 aromatic rings. The number of carboxylic acids is 1. The zero-order chi connectivity index (χ0) is 14.3. The Hall–Kier alpha value is -2.24. The lowest BCUT2D eigenvalue weighted by Gasteiger charge is -2.16. The van der Waals surface area contributed by atoms with Gasteiger partial charge in [0.05, 0.1) is 10.9 Å². The van der Waals surface area contributed by atoms with Crippen LogP contribution in [0.1, 0.15) is 30.2 Å². The Morgan fingerprint density at radius 1 is 1.26 bits per heavy atom. The molecule has 0 aliphatic carbocycles. The predicted molar refractivity (Wildman–Crippen MR) is 65.5 cm³/mol. The van der Waals surface area contributed by atoms with Crippen LogP contribution in [0.3, 0.4) is 0 Å². The van der Waals surface area contributed by atoms with E-state index in [1.807, 2.05) is 0 Å². The van der Waals surface area contributed by atoms with Crippen LogP contribution in [-0.4, -0.2) is 15.6 Å². The summed E-state index contributed by atoms with van der Waals surface area (Å²) < 4.78 is 28.8. The van der Waals surface area contributed by atoms with Crippen molar-refractivity contribution in [3.05, 3.63) is 45.8 Å². The third kappa shape index (κ3) is 1.99. The molecule has 19 heavy (non-hydrogen) atoms. The summed E-state index contributed by atoms with van der Waals surface area (Å²) in [5.74, 6) is -3.16. The maximum absolute atomic E-state index is 13.8. The van der Waals surface area contributed by atoms with Crippen LogP contribution in [0.5, 0.6) is 0 Å². The molecule has 6 heteroatoms.